The first-order chi connectivity index (χ1) is 22.6. The molecule has 3 aromatic heterocycles. The zero-order chi connectivity index (χ0) is 33.0. The Morgan fingerprint density at radius 1 is 0.745 bits per heavy atom. The summed E-state index contributed by atoms with van der Waals surface area (Å²) in [4.78, 5) is 13.9. The molecule has 47 heavy (non-hydrogen) atoms. The van der Waals surface area contributed by atoms with Gasteiger partial charge in [0, 0.05) is 26.3 Å². The third kappa shape index (κ3) is 8.05. The summed E-state index contributed by atoms with van der Waals surface area (Å²) < 4.78 is 16.4. The molecule has 0 amide bonds. The second kappa shape index (κ2) is 15.2. The number of oxazole rings is 1. The largest absolute Gasteiger partial charge is 0.305 e. The van der Waals surface area contributed by atoms with Crippen molar-refractivity contribution in [1.29, 1.82) is 0 Å². The number of aromatic nitrogens is 3. The fraction of sp³-hybridized carbons (Fsp3) is 0.146. The summed E-state index contributed by atoms with van der Waals surface area (Å²) in [5.74, 6) is 6.89. The number of hydrogen-bond acceptors (Lipinski definition) is 4. The van der Waals surface area contributed by atoms with E-state index >= 15 is 0 Å². The molecule has 0 bridgehead atoms. The fourth-order valence-corrected chi connectivity index (χ4v) is 8.64. The van der Waals surface area contributed by atoms with E-state index in [9.17, 15) is 0 Å². The Balaban J connectivity index is 0.000000291. The quantitative estimate of drug-likeness (QED) is 0.124. The Bertz CT molecular complexity index is 2050. The van der Waals surface area contributed by atoms with E-state index < -0.39 is 19.2 Å². The molecular formula is C41H37GeIrN3O-2. The molecule has 4 nitrogen and oxygen atoms in total. The molecule has 0 aliphatic carbocycles. The van der Waals surface area contributed by atoms with Crippen molar-refractivity contribution in [3.63, 3.8) is 0 Å². The van der Waals surface area contributed by atoms with E-state index in [-0.39, 0.29) is 20.1 Å². The first-order valence-corrected chi connectivity index (χ1v) is 22.8. The van der Waals surface area contributed by atoms with E-state index in [4.69, 9.17) is 15.8 Å². The zero-order valence-electron chi connectivity index (χ0n) is 28.2. The summed E-state index contributed by atoms with van der Waals surface area (Å²) in [7, 11) is 0. The van der Waals surface area contributed by atoms with Gasteiger partial charge in [-0.1, -0.05) is 18.2 Å². The summed E-state index contributed by atoms with van der Waals surface area (Å²) in [5.41, 5.74) is 9.02. The molecule has 0 unspecified atom stereocenters. The molecule has 0 spiro atoms. The van der Waals surface area contributed by atoms with Crippen LogP contribution in [0.4, 0.5) is 0 Å². The van der Waals surface area contributed by atoms with Gasteiger partial charge in [-0.15, -0.1) is 35.9 Å². The zero-order valence-corrected chi connectivity index (χ0v) is 31.7. The molecule has 0 aliphatic heterocycles. The van der Waals surface area contributed by atoms with Crippen molar-refractivity contribution in [2.75, 3.05) is 0 Å². The fourth-order valence-electron chi connectivity index (χ4n) is 5.32. The van der Waals surface area contributed by atoms with Crippen LogP contribution in [0.2, 0.25) is 17.3 Å². The monoisotopic (exact) mass is 855 g/mol. The van der Waals surface area contributed by atoms with Crippen molar-refractivity contribution in [3.05, 3.63) is 145 Å². The second-order valence-corrected chi connectivity index (χ2v) is 23.0. The SMILES string of the molecule is [2H]C(C)(C)c1cc(-c2[c-]c3nc(-c4ccccc4)oc3c(-c3ccccc3)c2)nc[c]1[Ge]([CH3])([CH3])[CH3].[Ir].[c-]1ccccc1-c1ccccn1. The van der Waals surface area contributed by atoms with Crippen LogP contribution in [-0.2, 0) is 20.1 Å². The van der Waals surface area contributed by atoms with Crippen LogP contribution in [0, 0.1) is 12.1 Å². The van der Waals surface area contributed by atoms with E-state index in [1.807, 2.05) is 111 Å². The molecule has 1 radical (unpaired) electrons. The van der Waals surface area contributed by atoms with Gasteiger partial charge < -0.3 is 4.98 Å². The van der Waals surface area contributed by atoms with Gasteiger partial charge in [0.25, 0.3) is 0 Å². The Labute approximate surface area is 295 Å². The molecule has 0 fully saturated rings. The van der Waals surface area contributed by atoms with Crippen molar-refractivity contribution in [1.82, 2.24) is 15.0 Å². The van der Waals surface area contributed by atoms with E-state index in [2.05, 4.69) is 58.7 Å². The van der Waals surface area contributed by atoms with Gasteiger partial charge in [0.15, 0.2) is 0 Å². The van der Waals surface area contributed by atoms with Crippen LogP contribution in [0.5, 0.6) is 0 Å². The Hall–Kier alpha value is -4.16. The van der Waals surface area contributed by atoms with Crippen molar-refractivity contribution in [2.45, 2.75) is 37.0 Å². The van der Waals surface area contributed by atoms with Crippen molar-refractivity contribution < 1.29 is 25.9 Å². The molecule has 0 saturated heterocycles. The second-order valence-electron chi connectivity index (χ2n) is 12.4. The van der Waals surface area contributed by atoms with Gasteiger partial charge in [0.2, 0.25) is 0 Å². The average molecular weight is 854 g/mol. The Morgan fingerprint density at radius 3 is 2.04 bits per heavy atom. The molecule has 3 heterocycles. The molecular weight excluding hydrogens is 815 g/mol. The number of fused-ring (bicyclic) bond motifs is 1. The molecule has 0 saturated carbocycles. The van der Waals surface area contributed by atoms with Gasteiger partial charge in [0.1, 0.15) is 0 Å². The van der Waals surface area contributed by atoms with Crippen molar-refractivity contribution in [2.24, 2.45) is 0 Å². The normalized spacial score (nSPS) is 11.6. The van der Waals surface area contributed by atoms with E-state index in [0.29, 0.717) is 17.0 Å². The summed E-state index contributed by atoms with van der Waals surface area (Å²) in [6.07, 6.45) is 3.79. The van der Waals surface area contributed by atoms with Gasteiger partial charge in [-0.05, 0) is 11.8 Å². The maximum atomic E-state index is 8.82. The maximum Gasteiger partial charge on any atom is 0.0160 e. The van der Waals surface area contributed by atoms with Crippen LogP contribution in [0.15, 0.2) is 132 Å². The predicted octanol–water partition coefficient (Wildman–Crippen LogP) is 10.2. The van der Waals surface area contributed by atoms with Crippen molar-refractivity contribution in [3.8, 4) is 45.1 Å². The molecule has 6 heteroatoms. The standard InChI is InChI=1S/C30H29GeN2O.C11H8N.Ir/c1-20(2)24-18-27(32-19-26(24)31(3,4)5)23-16-25(21-12-8-6-9-13-21)29-28(17-23)33-30(34-29)22-14-10-7-11-15-22;1-2-6-10(7-3-1)11-8-4-5-9-12-11;/h6-16,18-20H,1-5H3;1-6,8-9H;/q2*-1;/i20D;;. The summed E-state index contributed by atoms with van der Waals surface area (Å²) in [6.45, 7) is 3.91. The Kier molecular flexibility index (Phi) is 10.6. The first-order valence-electron chi connectivity index (χ1n) is 15.9. The van der Waals surface area contributed by atoms with Gasteiger partial charge in [-0.2, -0.15) is 0 Å². The number of pyridine rings is 2. The summed E-state index contributed by atoms with van der Waals surface area (Å²) in [5, 5.41) is 0. The van der Waals surface area contributed by atoms with Gasteiger partial charge in [-0.3, -0.25) is 0 Å². The minimum absolute atomic E-state index is 0. The summed E-state index contributed by atoms with van der Waals surface area (Å²) in [6, 6.07) is 44.6. The van der Waals surface area contributed by atoms with E-state index in [1.54, 1.807) is 6.20 Å². The molecule has 7 rings (SSSR count). The van der Waals surface area contributed by atoms with Gasteiger partial charge in [-0.25, -0.2) is 0 Å². The Morgan fingerprint density at radius 2 is 1.43 bits per heavy atom. The molecule has 0 atom stereocenters. The average Bonchev–Trinajstić information content (AvgIpc) is 3.53. The third-order valence-electron chi connectivity index (χ3n) is 7.70. The molecule has 4 aromatic carbocycles. The van der Waals surface area contributed by atoms with Gasteiger partial charge >= 0.3 is 200 Å². The third-order valence-corrected chi connectivity index (χ3v) is 11.9. The topological polar surface area (TPSA) is 51.8 Å². The molecule has 7 aromatic rings. The van der Waals surface area contributed by atoms with Crippen LogP contribution in [0.25, 0.3) is 56.2 Å². The van der Waals surface area contributed by atoms with Crippen LogP contribution in [0.3, 0.4) is 0 Å². The van der Waals surface area contributed by atoms with Crippen LogP contribution in [-0.4, -0.2) is 28.2 Å². The minimum atomic E-state index is -2.22. The van der Waals surface area contributed by atoms with E-state index in [1.165, 1.54) is 4.40 Å². The molecule has 237 valence electrons. The molecule has 0 aliphatic rings. The number of hydrogen-bond donors (Lipinski definition) is 0. The summed E-state index contributed by atoms with van der Waals surface area (Å²) >= 11 is -2.22. The van der Waals surface area contributed by atoms with Crippen LogP contribution < -0.4 is 4.40 Å². The molecule has 0 N–H and O–H groups in total. The smallest absolute Gasteiger partial charge is 0.0160 e. The number of rotatable bonds is 6. The number of benzene rings is 4. The predicted molar refractivity (Wildman–Crippen MR) is 193 cm³/mol. The van der Waals surface area contributed by atoms with E-state index in [0.717, 1.165) is 44.8 Å². The van der Waals surface area contributed by atoms with Gasteiger partial charge in [0.05, 0.1) is 0 Å². The number of nitrogens with zero attached hydrogens (tertiary/aromatic N) is 3. The maximum absolute atomic E-state index is 8.82. The van der Waals surface area contributed by atoms with Crippen LogP contribution >= 0.6 is 0 Å². The van der Waals surface area contributed by atoms with Crippen LogP contribution in [0.1, 0.15) is 26.7 Å². The van der Waals surface area contributed by atoms with Crippen molar-refractivity contribution >= 4 is 28.8 Å². The minimum Gasteiger partial charge on any atom is -0.305 e. The first kappa shape index (κ1) is 32.8.